The van der Waals surface area contributed by atoms with Crippen molar-refractivity contribution in [3.63, 3.8) is 0 Å². The van der Waals surface area contributed by atoms with Gasteiger partial charge in [0.05, 0.1) is 29.9 Å². The number of aromatic carboxylic acids is 1. The number of pyridine rings is 1. The monoisotopic (exact) mass is 276 g/mol. The average Bonchev–Trinajstić information content (AvgIpc) is 3.07. The lowest BCUT2D eigenvalue weighted by atomic mass is 10.1. The summed E-state index contributed by atoms with van der Waals surface area (Å²) in [5.41, 5.74) is 1.53. The molecule has 2 aromatic rings. The second kappa shape index (κ2) is 4.75. The third kappa shape index (κ3) is 1.90. The summed E-state index contributed by atoms with van der Waals surface area (Å²) in [6, 6.07) is 0.180. The summed E-state index contributed by atoms with van der Waals surface area (Å²) in [5.74, 6) is -0.982. The Kier molecular flexibility index (Phi) is 3.06. The number of hydrogen-bond donors (Lipinski definition) is 1. The van der Waals surface area contributed by atoms with E-state index in [9.17, 15) is 9.90 Å². The van der Waals surface area contributed by atoms with Gasteiger partial charge in [0.25, 0.3) is 0 Å². The third-order valence-electron chi connectivity index (χ3n) is 3.77. The summed E-state index contributed by atoms with van der Waals surface area (Å²) >= 11 is 0. The fourth-order valence-corrected chi connectivity index (χ4v) is 2.63. The Morgan fingerprint density at radius 1 is 1.55 bits per heavy atom. The molecule has 3 rings (SSSR count). The number of ether oxygens (including phenoxy) is 1. The highest BCUT2D eigenvalue weighted by atomic mass is 16.5. The van der Waals surface area contributed by atoms with Crippen molar-refractivity contribution in [1.29, 1.82) is 0 Å². The number of aryl methyl sites for hydroxylation is 1. The van der Waals surface area contributed by atoms with Gasteiger partial charge in [-0.3, -0.25) is 4.68 Å². The Bertz CT molecular complexity index is 661. The van der Waals surface area contributed by atoms with Crippen LogP contribution < -0.4 is 4.90 Å². The number of carboxylic acids is 1. The lowest BCUT2D eigenvalue weighted by molar-refractivity contribution is 0.0697. The molecule has 7 heteroatoms. The second-order valence-corrected chi connectivity index (χ2v) is 4.96. The molecule has 0 bridgehead atoms. The van der Waals surface area contributed by atoms with Crippen LogP contribution >= 0.6 is 0 Å². The lowest BCUT2D eigenvalue weighted by Gasteiger charge is -2.27. The van der Waals surface area contributed by atoms with E-state index in [2.05, 4.69) is 10.1 Å². The highest BCUT2D eigenvalue weighted by Gasteiger charge is 2.27. The fraction of sp³-hybridized carbons (Fsp3) is 0.462. The molecule has 1 unspecified atom stereocenters. The van der Waals surface area contributed by atoms with Gasteiger partial charge in [0.15, 0.2) is 5.65 Å². The van der Waals surface area contributed by atoms with Crippen molar-refractivity contribution in [1.82, 2.24) is 14.8 Å². The zero-order valence-electron chi connectivity index (χ0n) is 11.4. The minimum atomic E-state index is -0.982. The molecule has 0 aliphatic carbocycles. The predicted octanol–water partition coefficient (Wildman–Crippen LogP) is 0.892. The molecule has 1 N–H and O–H groups in total. The van der Waals surface area contributed by atoms with Gasteiger partial charge in [-0.2, -0.15) is 5.10 Å². The molecule has 7 nitrogen and oxygen atoms in total. The van der Waals surface area contributed by atoms with Crippen LogP contribution in [-0.2, 0) is 11.8 Å². The van der Waals surface area contributed by atoms with Crippen molar-refractivity contribution in [3.05, 3.63) is 18.0 Å². The number of carboxylic acid groups (broad SMARTS) is 1. The number of anilines is 1. The lowest BCUT2D eigenvalue weighted by Crippen LogP contribution is -2.33. The standard InChI is InChI=1S/C13H16N4O3/c1-16(8-3-4-20-7-8)11-9-6-15-17(2)12(9)14-5-10(11)13(18)19/h5-6,8H,3-4,7H2,1-2H3,(H,18,19). The van der Waals surface area contributed by atoms with Gasteiger partial charge in [-0.25, -0.2) is 9.78 Å². The SMILES string of the molecule is CN(c1c(C(=O)O)cnc2c1cnn2C)C1CCOC1. The molecular weight excluding hydrogens is 260 g/mol. The molecule has 0 radical (unpaired) electrons. The molecule has 106 valence electrons. The van der Waals surface area contributed by atoms with Gasteiger partial charge in [0, 0.05) is 26.9 Å². The number of carbonyl (C=O) groups is 1. The molecule has 0 spiro atoms. The first kappa shape index (κ1) is 12.9. The Hall–Kier alpha value is -2.15. The van der Waals surface area contributed by atoms with Gasteiger partial charge >= 0.3 is 5.97 Å². The summed E-state index contributed by atoms with van der Waals surface area (Å²) < 4.78 is 7.03. The van der Waals surface area contributed by atoms with E-state index in [0.29, 0.717) is 24.5 Å². The Morgan fingerprint density at radius 2 is 2.35 bits per heavy atom. The first-order chi connectivity index (χ1) is 9.59. The van der Waals surface area contributed by atoms with Crippen LogP contribution in [0.1, 0.15) is 16.8 Å². The molecule has 0 amide bonds. The van der Waals surface area contributed by atoms with Crippen LogP contribution in [0.15, 0.2) is 12.4 Å². The van der Waals surface area contributed by atoms with E-state index in [1.165, 1.54) is 6.20 Å². The van der Waals surface area contributed by atoms with E-state index in [1.54, 1.807) is 17.9 Å². The van der Waals surface area contributed by atoms with E-state index in [-0.39, 0.29) is 11.6 Å². The maximum Gasteiger partial charge on any atom is 0.339 e. The molecule has 2 aromatic heterocycles. The Morgan fingerprint density at radius 3 is 3.00 bits per heavy atom. The molecule has 0 saturated carbocycles. The van der Waals surface area contributed by atoms with Crippen LogP contribution in [0.5, 0.6) is 0 Å². The van der Waals surface area contributed by atoms with Crippen LogP contribution in [0.3, 0.4) is 0 Å². The van der Waals surface area contributed by atoms with Gasteiger partial charge in [-0.15, -0.1) is 0 Å². The molecule has 3 heterocycles. The molecular formula is C13H16N4O3. The Labute approximate surface area is 115 Å². The average molecular weight is 276 g/mol. The summed E-state index contributed by atoms with van der Waals surface area (Å²) in [5, 5.41) is 14.3. The van der Waals surface area contributed by atoms with Gasteiger partial charge in [-0.1, -0.05) is 0 Å². The van der Waals surface area contributed by atoms with Crippen molar-refractivity contribution >= 4 is 22.7 Å². The van der Waals surface area contributed by atoms with Crippen molar-refractivity contribution in [2.45, 2.75) is 12.5 Å². The number of rotatable bonds is 3. The van der Waals surface area contributed by atoms with Crippen molar-refractivity contribution in [2.75, 3.05) is 25.2 Å². The molecule has 1 saturated heterocycles. The highest BCUT2D eigenvalue weighted by Crippen LogP contribution is 2.31. The van der Waals surface area contributed by atoms with Gasteiger partial charge in [0.1, 0.15) is 5.56 Å². The normalized spacial score (nSPS) is 18.6. The topological polar surface area (TPSA) is 80.5 Å². The van der Waals surface area contributed by atoms with Crippen LogP contribution in [0.25, 0.3) is 11.0 Å². The molecule has 1 fully saturated rings. The number of hydrogen-bond acceptors (Lipinski definition) is 5. The minimum absolute atomic E-state index is 0.180. The molecule has 1 atom stereocenters. The fourth-order valence-electron chi connectivity index (χ4n) is 2.63. The van der Waals surface area contributed by atoms with Crippen LogP contribution in [0, 0.1) is 0 Å². The Balaban J connectivity index is 2.18. The van der Waals surface area contributed by atoms with Crippen molar-refractivity contribution in [2.24, 2.45) is 7.05 Å². The van der Waals surface area contributed by atoms with E-state index in [0.717, 1.165) is 11.8 Å². The van der Waals surface area contributed by atoms with Gasteiger partial charge in [0.2, 0.25) is 0 Å². The van der Waals surface area contributed by atoms with Crippen molar-refractivity contribution < 1.29 is 14.6 Å². The smallest absolute Gasteiger partial charge is 0.339 e. The van der Waals surface area contributed by atoms with Gasteiger partial charge in [-0.05, 0) is 6.42 Å². The minimum Gasteiger partial charge on any atom is -0.478 e. The zero-order valence-corrected chi connectivity index (χ0v) is 11.4. The highest BCUT2D eigenvalue weighted by molar-refractivity contribution is 6.03. The quantitative estimate of drug-likeness (QED) is 0.896. The summed E-state index contributed by atoms with van der Waals surface area (Å²) in [7, 11) is 3.69. The number of likely N-dealkylation sites (N-methyl/N-ethyl adjacent to an activating group) is 1. The molecule has 0 aromatic carbocycles. The number of aromatic nitrogens is 3. The first-order valence-electron chi connectivity index (χ1n) is 6.44. The third-order valence-corrected chi connectivity index (χ3v) is 3.77. The maximum atomic E-state index is 11.5. The van der Waals surface area contributed by atoms with E-state index in [1.807, 2.05) is 11.9 Å². The summed E-state index contributed by atoms with van der Waals surface area (Å²) in [6.07, 6.45) is 3.95. The van der Waals surface area contributed by atoms with Crippen LogP contribution in [-0.4, -0.2) is 52.1 Å². The van der Waals surface area contributed by atoms with Gasteiger partial charge < -0.3 is 14.7 Å². The van der Waals surface area contributed by atoms with Crippen LogP contribution in [0.2, 0.25) is 0 Å². The maximum absolute atomic E-state index is 11.5. The molecule has 1 aliphatic heterocycles. The zero-order chi connectivity index (χ0) is 14.3. The van der Waals surface area contributed by atoms with Crippen LogP contribution in [0.4, 0.5) is 5.69 Å². The second-order valence-electron chi connectivity index (χ2n) is 4.96. The number of fused-ring (bicyclic) bond motifs is 1. The van der Waals surface area contributed by atoms with E-state index in [4.69, 9.17) is 4.74 Å². The van der Waals surface area contributed by atoms with E-state index >= 15 is 0 Å². The predicted molar refractivity (Wildman–Crippen MR) is 73.1 cm³/mol. The first-order valence-corrected chi connectivity index (χ1v) is 6.44. The number of nitrogens with zero attached hydrogens (tertiary/aromatic N) is 4. The summed E-state index contributed by atoms with van der Waals surface area (Å²) in [4.78, 5) is 17.6. The van der Waals surface area contributed by atoms with Crippen molar-refractivity contribution in [3.8, 4) is 0 Å². The summed E-state index contributed by atoms with van der Waals surface area (Å²) in [6.45, 7) is 1.32. The largest absolute Gasteiger partial charge is 0.478 e. The molecule has 20 heavy (non-hydrogen) atoms. The molecule has 1 aliphatic rings. The van der Waals surface area contributed by atoms with E-state index < -0.39 is 5.97 Å².